The molecule has 124 valence electrons. The molecule has 1 rings (SSSR count). The van der Waals surface area contributed by atoms with Crippen LogP contribution in [0.25, 0.3) is 0 Å². The zero-order valence-electron chi connectivity index (χ0n) is 13.6. The Hall–Kier alpha value is -0.970. The standard InChI is InChI=1S/C10H18O4.C3H8O2.C2H2/c1-4-13-10(2,3)14-9-8(11)6-5-7-12-9;1-3(2,4)5;1-2/h9H,4-7H2,1-3H3;4-5H,1-2H3;1-2H/t9-;;/m0../s1. The summed E-state index contributed by atoms with van der Waals surface area (Å²) in [6.45, 7) is 9.17. The number of hydrogen-bond acceptors (Lipinski definition) is 6. The summed E-state index contributed by atoms with van der Waals surface area (Å²) in [7, 11) is 0. The molecule has 1 aliphatic heterocycles. The first-order valence-corrected chi connectivity index (χ1v) is 6.79. The van der Waals surface area contributed by atoms with Crippen LogP contribution < -0.4 is 0 Å². The van der Waals surface area contributed by atoms with Crippen molar-refractivity contribution in [1.82, 2.24) is 0 Å². The zero-order chi connectivity index (χ0) is 17.1. The molecule has 6 nitrogen and oxygen atoms in total. The smallest absolute Gasteiger partial charge is 0.220 e. The SMILES string of the molecule is C#C.CC(C)(O)O.CCOC(C)(C)O[C@@H]1OCCCC1=O. The molecule has 0 aromatic heterocycles. The van der Waals surface area contributed by atoms with Crippen LogP contribution in [0.15, 0.2) is 0 Å². The number of carbonyl (C=O) groups excluding carboxylic acids is 1. The maximum atomic E-state index is 11.4. The molecule has 1 heterocycles. The third kappa shape index (κ3) is 15.2. The number of carbonyl (C=O) groups is 1. The van der Waals surface area contributed by atoms with E-state index in [1.807, 2.05) is 6.92 Å². The number of Topliss-reactive ketones (excluding diaryl/α,β-unsaturated/α-hetero) is 1. The van der Waals surface area contributed by atoms with Crippen LogP contribution in [0.1, 0.15) is 47.5 Å². The second-order valence-corrected chi connectivity index (χ2v) is 5.22. The first-order chi connectivity index (χ1) is 9.55. The number of hydrogen-bond donors (Lipinski definition) is 2. The van der Waals surface area contributed by atoms with Crippen molar-refractivity contribution in [3.05, 3.63) is 0 Å². The monoisotopic (exact) mass is 304 g/mol. The van der Waals surface area contributed by atoms with Crippen LogP contribution in [0.5, 0.6) is 0 Å². The fourth-order valence-corrected chi connectivity index (χ4v) is 1.39. The molecule has 1 saturated heterocycles. The summed E-state index contributed by atoms with van der Waals surface area (Å²) in [5.41, 5.74) is 0. The van der Waals surface area contributed by atoms with Gasteiger partial charge in [-0.05, 0) is 41.0 Å². The van der Waals surface area contributed by atoms with Crippen molar-refractivity contribution >= 4 is 5.78 Å². The lowest BCUT2D eigenvalue weighted by atomic mass is 10.2. The van der Waals surface area contributed by atoms with Crippen molar-refractivity contribution in [3.8, 4) is 12.8 Å². The second kappa shape index (κ2) is 10.7. The maximum absolute atomic E-state index is 11.4. The van der Waals surface area contributed by atoms with Gasteiger partial charge in [0.25, 0.3) is 0 Å². The van der Waals surface area contributed by atoms with Crippen LogP contribution in [0.4, 0.5) is 0 Å². The van der Waals surface area contributed by atoms with Gasteiger partial charge in [0, 0.05) is 13.0 Å². The van der Waals surface area contributed by atoms with Crippen molar-refractivity contribution in [2.75, 3.05) is 13.2 Å². The molecule has 0 aliphatic carbocycles. The molecule has 6 heteroatoms. The highest BCUT2D eigenvalue weighted by molar-refractivity contribution is 5.82. The molecular weight excluding hydrogens is 276 g/mol. The van der Waals surface area contributed by atoms with Gasteiger partial charge in [0.15, 0.2) is 17.4 Å². The normalized spacial score (nSPS) is 18.9. The van der Waals surface area contributed by atoms with Crippen molar-refractivity contribution in [2.24, 2.45) is 0 Å². The topological polar surface area (TPSA) is 85.2 Å². The molecule has 0 aromatic rings. The van der Waals surface area contributed by atoms with Gasteiger partial charge in [-0.1, -0.05) is 0 Å². The predicted octanol–water partition coefficient (Wildman–Crippen LogP) is 1.44. The number of ether oxygens (including phenoxy) is 3. The van der Waals surface area contributed by atoms with Crippen LogP contribution in [0.3, 0.4) is 0 Å². The fourth-order valence-electron chi connectivity index (χ4n) is 1.39. The third-order valence-electron chi connectivity index (χ3n) is 1.98. The molecule has 0 radical (unpaired) electrons. The number of rotatable bonds is 4. The fraction of sp³-hybridized carbons (Fsp3) is 0.800. The molecule has 2 N–H and O–H groups in total. The molecule has 0 amide bonds. The van der Waals surface area contributed by atoms with Gasteiger partial charge in [-0.3, -0.25) is 4.79 Å². The van der Waals surface area contributed by atoms with E-state index < -0.39 is 17.9 Å². The minimum absolute atomic E-state index is 0.00373. The molecule has 0 bridgehead atoms. The van der Waals surface area contributed by atoms with Crippen LogP contribution in [0, 0.1) is 12.8 Å². The Bertz CT molecular complexity index is 297. The lowest BCUT2D eigenvalue weighted by molar-refractivity contribution is -0.286. The first kappa shape index (κ1) is 22.3. The van der Waals surface area contributed by atoms with Crippen LogP contribution in [0.2, 0.25) is 0 Å². The van der Waals surface area contributed by atoms with Gasteiger partial charge in [-0.25, -0.2) is 0 Å². The number of terminal acetylenes is 1. The summed E-state index contributed by atoms with van der Waals surface area (Å²) in [5.74, 6) is -2.25. The van der Waals surface area contributed by atoms with Gasteiger partial charge >= 0.3 is 0 Å². The molecule has 0 saturated carbocycles. The van der Waals surface area contributed by atoms with E-state index in [2.05, 4.69) is 12.8 Å². The van der Waals surface area contributed by atoms with Crippen LogP contribution in [-0.4, -0.2) is 47.1 Å². The molecule has 1 atom stereocenters. The highest BCUT2D eigenvalue weighted by Crippen LogP contribution is 2.19. The molecule has 1 aliphatic rings. The molecule has 0 aromatic carbocycles. The third-order valence-corrected chi connectivity index (χ3v) is 1.98. The van der Waals surface area contributed by atoms with Gasteiger partial charge < -0.3 is 24.4 Å². The van der Waals surface area contributed by atoms with Gasteiger partial charge in [-0.15, -0.1) is 12.8 Å². The van der Waals surface area contributed by atoms with Gasteiger partial charge in [0.1, 0.15) is 0 Å². The van der Waals surface area contributed by atoms with Crippen LogP contribution >= 0.6 is 0 Å². The van der Waals surface area contributed by atoms with E-state index in [4.69, 9.17) is 24.4 Å². The first-order valence-electron chi connectivity index (χ1n) is 6.79. The highest BCUT2D eigenvalue weighted by atomic mass is 16.8. The zero-order valence-corrected chi connectivity index (χ0v) is 13.6. The van der Waals surface area contributed by atoms with E-state index in [-0.39, 0.29) is 5.78 Å². The van der Waals surface area contributed by atoms with E-state index >= 15 is 0 Å². The number of aliphatic hydroxyl groups is 2. The summed E-state index contributed by atoms with van der Waals surface area (Å²) in [4.78, 5) is 11.4. The Balaban J connectivity index is 0. The summed E-state index contributed by atoms with van der Waals surface area (Å²) in [6.07, 6.45) is 8.57. The Morgan fingerprint density at radius 1 is 1.29 bits per heavy atom. The van der Waals surface area contributed by atoms with E-state index in [1.165, 1.54) is 13.8 Å². The Morgan fingerprint density at radius 2 is 1.76 bits per heavy atom. The Morgan fingerprint density at radius 3 is 2.14 bits per heavy atom. The minimum atomic E-state index is -1.50. The summed E-state index contributed by atoms with van der Waals surface area (Å²) < 4.78 is 16.0. The number of ketones is 1. The second-order valence-electron chi connectivity index (χ2n) is 5.22. The van der Waals surface area contributed by atoms with E-state index in [0.29, 0.717) is 19.6 Å². The average Bonchev–Trinajstić information content (AvgIpc) is 2.32. The Kier molecular flexibility index (Phi) is 11.4. The van der Waals surface area contributed by atoms with Gasteiger partial charge in [-0.2, -0.15) is 0 Å². The van der Waals surface area contributed by atoms with Crippen molar-refractivity contribution in [3.63, 3.8) is 0 Å². The van der Waals surface area contributed by atoms with Crippen molar-refractivity contribution < 1.29 is 29.2 Å². The van der Waals surface area contributed by atoms with Crippen molar-refractivity contribution in [1.29, 1.82) is 0 Å². The highest BCUT2D eigenvalue weighted by Gasteiger charge is 2.31. The molecule has 1 fully saturated rings. The van der Waals surface area contributed by atoms with Crippen LogP contribution in [-0.2, 0) is 19.0 Å². The molecule has 21 heavy (non-hydrogen) atoms. The van der Waals surface area contributed by atoms with E-state index in [0.717, 1.165) is 6.42 Å². The molecular formula is C15H28O6. The maximum Gasteiger partial charge on any atom is 0.220 e. The quantitative estimate of drug-likeness (QED) is 0.604. The summed E-state index contributed by atoms with van der Waals surface area (Å²) in [6, 6.07) is 0. The lowest BCUT2D eigenvalue weighted by Crippen LogP contribution is -2.41. The molecule has 0 spiro atoms. The van der Waals surface area contributed by atoms with Gasteiger partial charge in [0.2, 0.25) is 6.29 Å². The average molecular weight is 304 g/mol. The Labute approximate surface area is 127 Å². The van der Waals surface area contributed by atoms with E-state index in [9.17, 15) is 4.79 Å². The van der Waals surface area contributed by atoms with E-state index in [1.54, 1.807) is 13.8 Å². The summed E-state index contributed by atoms with van der Waals surface area (Å²) in [5, 5.41) is 16.2. The van der Waals surface area contributed by atoms with Crippen molar-refractivity contribution in [2.45, 2.75) is 65.3 Å². The molecule has 0 unspecified atom stereocenters. The largest absolute Gasteiger partial charge is 0.366 e. The summed E-state index contributed by atoms with van der Waals surface area (Å²) >= 11 is 0. The predicted molar refractivity (Wildman–Crippen MR) is 79.2 cm³/mol. The van der Waals surface area contributed by atoms with Gasteiger partial charge in [0.05, 0.1) is 6.61 Å². The minimum Gasteiger partial charge on any atom is -0.366 e. The lowest BCUT2D eigenvalue weighted by Gasteiger charge is -2.31.